The van der Waals surface area contributed by atoms with Crippen LogP contribution in [0.5, 0.6) is 5.75 Å². The van der Waals surface area contributed by atoms with Crippen LogP contribution in [0.25, 0.3) is 0 Å². The number of anilines is 1. The number of benzene rings is 2. The second kappa shape index (κ2) is 8.96. The van der Waals surface area contributed by atoms with Gasteiger partial charge in [0.1, 0.15) is 5.75 Å². The Morgan fingerprint density at radius 1 is 1.00 bits per heavy atom. The number of phenols is 1. The molecular formula is C20H27N3O. The van der Waals surface area contributed by atoms with Crippen molar-refractivity contribution in [2.75, 3.05) is 5.32 Å². The van der Waals surface area contributed by atoms with Crippen LogP contribution < -0.4 is 10.6 Å². The first kappa shape index (κ1) is 17.9. The number of hydrogen-bond donors (Lipinski definition) is 3. The molecular weight excluding hydrogens is 298 g/mol. The number of hydrogen-bond acceptors (Lipinski definition) is 2. The van der Waals surface area contributed by atoms with E-state index in [1.54, 1.807) is 12.1 Å². The van der Waals surface area contributed by atoms with Gasteiger partial charge in [0.25, 0.3) is 0 Å². The van der Waals surface area contributed by atoms with E-state index in [2.05, 4.69) is 55.7 Å². The molecule has 4 heteroatoms. The highest BCUT2D eigenvalue weighted by atomic mass is 16.3. The van der Waals surface area contributed by atoms with Crippen molar-refractivity contribution in [3.05, 3.63) is 60.2 Å². The number of aromatic hydroxyl groups is 1. The normalized spacial score (nSPS) is 12.9. The van der Waals surface area contributed by atoms with Crippen molar-refractivity contribution in [1.82, 2.24) is 5.32 Å². The summed E-state index contributed by atoms with van der Waals surface area (Å²) in [5, 5.41) is 16.4. The first-order chi connectivity index (χ1) is 11.5. The van der Waals surface area contributed by atoms with E-state index in [9.17, 15) is 5.11 Å². The molecule has 3 N–H and O–H groups in total. The summed E-state index contributed by atoms with van der Waals surface area (Å²) in [4.78, 5) is 4.75. The van der Waals surface area contributed by atoms with Crippen molar-refractivity contribution in [2.24, 2.45) is 4.99 Å². The molecule has 0 heterocycles. The molecule has 2 aromatic carbocycles. The Bertz CT molecular complexity index is 653. The van der Waals surface area contributed by atoms with Gasteiger partial charge in [-0.3, -0.25) is 0 Å². The monoisotopic (exact) mass is 325 g/mol. The van der Waals surface area contributed by atoms with Gasteiger partial charge in [0.15, 0.2) is 5.96 Å². The second-order valence-corrected chi connectivity index (χ2v) is 6.29. The van der Waals surface area contributed by atoms with Gasteiger partial charge < -0.3 is 15.7 Å². The molecule has 128 valence electrons. The molecule has 0 saturated carbocycles. The van der Waals surface area contributed by atoms with E-state index in [1.165, 1.54) is 5.56 Å². The van der Waals surface area contributed by atoms with Gasteiger partial charge in [-0.25, -0.2) is 4.99 Å². The molecule has 0 radical (unpaired) electrons. The zero-order valence-corrected chi connectivity index (χ0v) is 14.7. The lowest BCUT2D eigenvalue weighted by Gasteiger charge is -2.18. The highest BCUT2D eigenvalue weighted by molar-refractivity contribution is 5.95. The minimum absolute atomic E-state index is 0.171. The number of nitrogens with one attached hydrogen (secondary N) is 2. The van der Waals surface area contributed by atoms with Crippen LogP contribution in [0.15, 0.2) is 59.6 Å². The third-order valence-corrected chi connectivity index (χ3v) is 3.63. The van der Waals surface area contributed by atoms with E-state index in [1.807, 2.05) is 18.2 Å². The van der Waals surface area contributed by atoms with Crippen LogP contribution in [-0.2, 0) is 6.42 Å². The van der Waals surface area contributed by atoms with Gasteiger partial charge in [0.05, 0.1) is 11.7 Å². The van der Waals surface area contributed by atoms with Crippen molar-refractivity contribution in [3.8, 4) is 5.75 Å². The summed E-state index contributed by atoms with van der Waals surface area (Å²) in [7, 11) is 0. The highest BCUT2D eigenvalue weighted by Crippen LogP contribution is 2.21. The lowest BCUT2D eigenvalue weighted by molar-refractivity contribution is 0.477. The molecule has 0 aromatic heterocycles. The van der Waals surface area contributed by atoms with Gasteiger partial charge in [0, 0.05) is 6.04 Å². The largest absolute Gasteiger partial charge is 0.506 e. The molecule has 4 nitrogen and oxygen atoms in total. The van der Waals surface area contributed by atoms with Crippen molar-refractivity contribution < 1.29 is 5.11 Å². The SMILES string of the molecule is CC(CCc1ccccc1)N=C(Nc1ccccc1O)NC(C)C. The van der Waals surface area contributed by atoms with E-state index in [0.717, 1.165) is 12.8 Å². The molecule has 0 amide bonds. The zero-order chi connectivity index (χ0) is 17.4. The molecule has 2 aromatic rings. The molecule has 0 aliphatic carbocycles. The number of guanidine groups is 1. The predicted octanol–water partition coefficient (Wildman–Crippen LogP) is 4.18. The number of nitrogens with zero attached hydrogens (tertiary/aromatic N) is 1. The van der Waals surface area contributed by atoms with E-state index in [-0.39, 0.29) is 17.8 Å². The lowest BCUT2D eigenvalue weighted by atomic mass is 10.1. The van der Waals surface area contributed by atoms with Crippen LogP contribution >= 0.6 is 0 Å². The standard InChI is InChI=1S/C20H27N3O/c1-15(2)21-20(23-18-11-7-8-12-19(18)24)22-16(3)13-14-17-9-5-4-6-10-17/h4-12,15-16,24H,13-14H2,1-3H3,(H2,21,22,23). The van der Waals surface area contributed by atoms with E-state index in [0.29, 0.717) is 11.6 Å². The predicted molar refractivity (Wildman–Crippen MR) is 102 cm³/mol. The average Bonchev–Trinajstić information content (AvgIpc) is 2.55. The Kier molecular flexibility index (Phi) is 6.67. The van der Waals surface area contributed by atoms with Crippen LogP contribution in [0.4, 0.5) is 5.69 Å². The number of aliphatic imine (C=N–C) groups is 1. The Hall–Kier alpha value is -2.49. The Labute approximate surface area is 144 Å². The molecule has 0 bridgehead atoms. The van der Waals surface area contributed by atoms with Gasteiger partial charge in [-0.05, 0) is 51.3 Å². The molecule has 0 saturated heterocycles. The van der Waals surface area contributed by atoms with E-state index < -0.39 is 0 Å². The number of rotatable bonds is 6. The molecule has 0 fully saturated rings. The molecule has 0 spiro atoms. The minimum atomic E-state index is 0.171. The van der Waals surface area contributed by atoms with Crippen LogP contribution in [0.2, 0.25) is 0 Å². The third-order valence-electron chi connectivity index (χ3n) is 3.63. The van der Waals surface area contributed by atoms with Crippen molar-refractivity contribution in [2.45, 2.75) is 45.7 Å². The molecule has 2 rings (SSSR count). The molecule has 24 heavy (non-hydrogen) atoms. The summed E-state index contributed by atoms with van der Waals surface area (Å²) in [5.74, 6) is 0.903. The molecule has 1 unspecified atom stereocenters. The van der Waals surface area contributed by atoms with E-state index in [4.69, 9.17) is 4.99 Å². The summed E-state index contributed by atoms with van der Waals surface area (Å²) in [6.45, 7) is 6.24. The van der Waals surface area contributed by atoms with Gasteiger partial charge in [-0.2, -0.15) is 0 Å². The maximum Gasteiger partial charge on any atom is 0.196 e. The number of aryl methyl sites for hydroxylation is 1. The zero-order valence-electron chi connectivity index (χ0n) is 14.7. The fourth-order valence-corrected chi connectivity index (χ4v) is 2.39. The Balaban J connectivity index is 2.02. The molecule has 0 aliphatic rings. The first-order valence-corrected chi connectivity index (χ1v) is 8.48. The van der Waals surface area contributed by atoms with Crippen LogP contribution in [-0.4, -0.2) is 23.1 Å². The number of para-hydroxylation sites is 2. The Morgan fingerprint density at radius 2 is 1.67 bits per heavy atom. The van der Waals surface area contributed by atoms with Gasteiger partial charge >= 0.3 is 0 Å². The highest BCUT2D eigenvalue weighted by Gasteiger charge is 2.08. The molecule has 0 aliphatic heterocycles. The quantitative estimate of drug-likeness (QED) is 0.424. The van der Waals surface area contributed by atoms with Gasteiger partial charge in [0.2, 0.25) is 0 Å². The lowest BCUT2D eigenvalue weighted by Crippen LogP contribution is -2.36. The molecule has 1 atom stereocenters. The number of phenolic OH excluding ortho intramolecular Hbond substituents is 1. The van der Waals surface area contributed by atoms with E-state index >= 15 is 0 Å². The summed E-state index contributed by atoms with van der Waals surface area (Å²) < 4.78 is 0. The summed E-state index contributed by atoms with van der Waals surface area (Å²) >= 11 is 0. The Morgan fingerprint density at radius 3 is 2.33 bits per heavy atom. The average molecular weight is 325 g/mol. The fraction of sp³-hybridized carbons (Fsp3) is 0.350. The topological polar surface area (TPSA) is 56.7 Å². The minimum Gasteiger partial charge on any atom is -0.506 e. The summed E-state index contributed by atoms with van der Waals surface area (Å²) in [6.07, 6.45) is 1.97. The summed E-state index contributed by atoms with van der Waals surface area (Å²) in [6, 6.07) is 18.1. The maximum absolute atomic E-state index is 9.93. The van der Waals surface area contributed by atoms with Crippen molar-refractivity contribution in [3.63, 3.8) is 0 Å². The second-order valence-electron chi connectivity index (χ2n) is 6.29. The van der Waals surface area contributed by atoms with Crippen molar-refractivity contribution in [1.29, 1.82) is 0 Å². The fourth-order valence-electron chi connectivity index (χ4n) is 2.39. The van der Waals surface area contributed by atoms with Crippen LogP contribution in [0.3, 0.4) is 0 Å². The summed E-state index contributed by atoms with van der Waals surface area (Å²) in [5.41, 5.74) is 1.98. The van der Waals surface area contributed by atoms with Crippen LogP contribution in [0, 0.1) is 0 Å². The van der Waals surface area contributed by atoms with Gasteiger partial charge in [-0.1, -0.05) is 42.5 Å². The maximum atomic E-state index is 9.93. The smallest absolute Gasteiger partial charge is 0.196 e. The van der Waals surface area contributed by atoms with Crippen LogP contribution in [0.1, 0.15) is 32.8 Å². The van der Waals surface area contributed by atoms with Gasteiger partial charge in [-0.15, -0.1) is 0 Å². The first-order valence-electron chi connectivity index (χ1n) is 8.48. The third kappa shape index (κ3) is 5.95. The van der Waals surface area contributed by atoms with Crippen molar-refractivity contribution >= 4 is 11.6 Å².